The highest BCUT2D eigenvalue weighted by molar-refractivity contribution is 5.98. The van der Waals surface area contributed by atoms with Crippen LogP contribution >= 0.6 is 0 Å². The van der Waals surface area contributed by atoms with Crippen LogP contribution in [-0.4, -0.2) is 68.2 Å². The fourth-order valence-corrected chi connectivity index (χ4v) is 4.07. The van der Waals surface area contributed by atoms with E-state index in [0.29, 0.717) is 22.8 Å². The standard InChI is InChI=1S/C19H24N6O5/c1-22-12-6-5-10(13(12)16(27)24(3)18(22)29)7-11(26)8-30-19-23(2)15-14(20-9-21-15)17(28)25(19)4/h5-6,9-11,19,26H,7-8H2,1-4H3,(H,20,21). The fraction of sp³-hybridized carbons (Fsp3) is 0.474. The summed E-state index contributed by atoms with van der Waals surface area (Å²) in [6.07, 6.45) is 3.64. The molecule has 0 bridgehead atoms. The average molecular weight is 416 g/mol. The van der Waals surface area contributed by atoms with Crippen LogP contribution < -0.4 is 16.1 Å². The van der Waals surface area contributed by atoms with E-state index in [0.717, 1.165) is 4.57 Å². The monoisotopic (exact) mass is 416 g/mol. The van der Waals surface area contributed by atoms with Gasteiger partial charge in [-0.25, -0.2) is 9.78 Å². The van der Waals surface area contributed by atoms with Crippen LogP contribution in [0.4, 0.5) is 5.82 Å². The van der Waals surface area contributed by atoms with E-state index in [1.165, 1.54) is 22.8 Å². The van der Waals surface area contributed by atoms with Crippen molar-refractivity contribution in [3.63, 3.8) is 0 Å². The van der Waals surface area contributed by atoms with E-state index < -0.39 is 18.1 Å². The molecule has 11 heteroatoms. The average Bonchev–Trinajstić information content (AvgIpc) is 3.37. The molecular formula is C19H24N6O5. The molecule has 3 heterocycles. The first kappa shape index (κ1) is 20.1. The molecule has 160 valence electrons. The van der Waals surface area contributed by atoms with Crippen LogP contribution in [0.3, 0.4) is 0 Å². The lowest BCUT2D eigenvalue weighted by atomic mass is 9.97. The van der Waals surface area contributed by atoms with Gasteiger partial charge in [0.25, 0.3) is 11.5 Å². The minimum atomic E-state index is -0.884. The van der Waals surface area contributed by atoms with Gasteiger partial charge in [0.15, 0.2) is 5.82 Å². The predicted molar refractivity (Wildman–Crippen MR) is 108 cm³/mol. The third-order valence-corrected chi connectivity index (χ3v) is 5.72. The minimum Gasteiger partial charge on any atom is -0.391 e. The van der Waals surface area contributed by atoms with E-state index in [-0.39, 0.29) is 30.4 Å². The highest BCUT2D eigenvalue weighted by Gasteiger charge is 2.37. The summed E-state index contributed by atoms with van der Waals surface area (Å²) in [4.78, 5) is 47.2. The fourth-order valence-electron chi connectivity index (χ4n) is 4.07. The van der Waals surface area contributed by atoms with E-state index in [1.54, 1.807) is 32.1 Å². The Morgan fingerprint density at radius 1 is 1.17 bits per heavy atom. The second kappa shape index (κ2) is 7.26. The second-order valence-corrected chi connectivity index (χ2v) is 7.65. The smallest absolute Gasteiger partial charge is 0.330 e. The molecule has 0 spiro atoms. The molecule has 30 heavy (non-hydrogen) atoms. The van der Waals surface area contributed by atoms with Gasteiger partial charge in [-0.15, -0.1) is 0 Å². The Labute approximate surface area is 171 Å². The summed E-state index contributed by atoms with van der Waals surface area (Å²) in [6, 6.07) is 0. The van der Waals surface area contributed by atoms with Gasteiger partial charge in [-0.05, 0) is 12.5 Å². The molecule has 2 aromatic heterocycles. The van der Waals surface area contributed by atoms with Crippen LogP contribution in [0, 0.1) is 0 Å². The molecule has 3 atom stereocenters. The number of aliphatic hydroxyl groups excluding tert-OH is 1. The maximum absolute atomic E-state index is 12.6. The molecule has 4 rings (SSSR count). The van der Waals surface area contributed by atoms with Crippen molar-refractivity contribution in [1.29, 1.82) is 0 Å². The Morgan fingerprint density at radius 2 is 1.90 bits per heavy atom. The summed E-state index contributed by atoms with van der Waals surface area (Å²) in [7, 11) is 6.41. The molecule has 2 aliphatic rings. The first-order valence-corrected chi connectivity index (χ1v) is 9.53. The zero-order valence-corrected chi connectivity index (χ0v) is 17.2. The van der Waals surface area contributed by atoms with Crippen molar-refractivity contribution in [2.45, 2.75) is 24.8 Å². The molecule has 0 aromatic carbocycles. The number of H-pyrrole nitrogens is 1. The topological polar surface area (TPSA) is 126 Å². The van der Waals surface area contributed by atoms with Crippen LogP contribution in [0.25, 0.3) is 6.08 Å². The van der Waals surface area contributed by atoms with E-state index in [4.69, 9.17) is 4.74 Å². The normalized spacial score (nSPS) is 21.2. The third kappa shape index (κ3) is 2.97. The van der Waals surface area contributed by atoms with E-state index in [2.05, 4.69) is 9.97 Å². The van der Waals surface area contributed by atoms with Crippen molar-refractivity contribution in [2.75, 3.05) is 25.6 Å². The van der Waals surface area contributed by atoms with Crippen LogP contribution in [0.2, 0.25) is 0 Å². The number of hydrogen-bond donors (Lipinski definition) is 2. The number of rotatable bonds is 5. The number of hydrogen-bond acceptors (Lipinski definition) is 7. The van der Waals surface area contributed by atoms with Gasteiger partial charge in [0.05, 0.1) is 24.7 Å². The molecule has 1 aliphatic carbocycles. The van der Waals surface area contributed by atoms with Gasteiger partial charge in [0.2, 0.25) is 6.35 Å². The summed E-state index contributed by atoms with van der Waals surface area (Å²) in [5.74, 6) is -0.0997. The number of imidazole rings is 1. The molecule has 0 radical (unpaired) electrons. The maximum Gasteiger partial charge on any atom is 0.330 e. The van der Waals surface area contributed by atoms with Crippen LogP contribution in [0.1, 0.15) is 34.1 Å². The van der Waals surface area contributed by atoms with Crippen LogP contribution in [0.15, 0.2) is 22.0 Å². The molecule has 0 saturated carbocycles. The lowest BCUT2D eigenvalue weighted by Gasteiger charge is -2.39. The van der Waals surface area contributed by atoms with Crippen molar-refractivity contribution >= 4 is 17.8 Å². The summed E-state index contributed by atoms with van der Waals surface area (Å²) < 4.78 is 8.32. The first-order chi connectivity index (χ1) is 14.2. The molecule has 3 unspecified atom stereocenters. The van der Waals surface area contributed by atoms with Crippen LogP contribution in [0.5, 0.6) is 0 Å². The number of aliphatic hydroxyl groups is 1. The molecule has 1 aliphatic heterocycles. The van der Waals surface area contributed by atoms with E-state index in [9.17, 15) is 19.5 Å². The highest BCUT2D eigenvalue weighted by atomic mass is 16.5. The van der Waals surface area contributed by atoms with Gasteiger partial charge in [0, 0.05) is 39.7 Å². The zero-order chi connectivity index (χ0) is 21.7. The SMILES string of the molecule is CN1C(=O)c2[nH]cnc2N(C)C1OCC(O)CC1C=Cc2c1c(=O)n(C)c(=O)n2C. The number of aromatic amines is 1. The van der Waals surface area contributed by atoms with Gasteiger partial charge in [0.1, 0.15) is 5.69 Å². The van der Waals surface area contributed by atoms with Crippen molar-refractivity contribution < 1.29 is 14.6 Å². The molecule has 11 nitrogen and oxygen atoms in total. The number of aromatic nitrogens is 4. The Balaban J connectivity index is 1.46. The van der Waals surface area contributed by atoms with Gasteiger partial charge in [-0.1, -0.05) is 6.08 Å². The van der Waals surface area contributed by atoms with Crippen LogP contribution in [-0.2, 0) is 18.8 Å². The summed E-state index contributed by atoms with van der Waals surface area (Å²) in [5, 5.41) is 10.6. The number of allylic oxidation sites excluding steroid dienone is 1. The highest BCUT2D eigenvalue weighted by Crippen LogP contribution is 2.31. The van der Waals surface area contributed by atoms with Crippen molar-refractivity contribution in [2.24, 2.45) is 14.1 Å². The summed E-state index contributed by atoms with van der Waals surface area (Å²) >= 11 is 0. The third-order valence-electron chi connectivity index (χ3n) is 5.72. The Hall–Kier alpha value is -3.18. The van der Waals surface area contributed by atoms with Gasteiger partial charge in [-0.3, -0.25) is 23.6 Å². The molecule has 0 fully saturated rings. The van der Waals surface area contributed by atoms with E-state index in [1.807, 2.05) is 6.08 Å². The lowest BCUT2D eigenvalue weighted by molar-refractivity contribution is -0.0700. The minimum absolute atomic E-state index is 0.0435. The van der Waals surface area contributed by atoms with Gasteiger partial charge >= 0.3 is 5.69 Å². The maximum atomic E-state index is 12.6. The predicted octanol–water partition coefficient (Wildman–Crippen LogP) is -0.809. The quantitative estimate of drug-likeness (QED) is 0.653. The molecule has 0 saturated heterocycles. The number of amides is 1. The number of nitrogens with one attached hydrogen (secondary N) is 1. The Kier molecular flexibility index (Phi) is 4.86. The summed E-state index contributed by atoms with van der Waals surface area (Å²) in [5.41, 5.74) is 0.680. The number of fused-ring (bicyclic) bond motifs is 2. The largest absolute Gasteiger partial charge is 0.391 e. The van der Waals surface area contributed by atoms with Gasteiger partial charge < -0.3 is 19.7 Å². The van der Waals surface area contributed by atoms with Gasteiger partial charge in [-0.2, -0.15) is 0 Å². The van der Waals surface area contributed by atoms with Crippen molar-refractivity contribution in [3.05, 3.63) is 50.2 Å². The Bertz CT molecular complexity index is 1150. The zero-order valence-electron chi connectivity index (χ0n) is 17.2. The molecule has 2 N–H and O–H groups in total. The number of anilines is 1. The number of nitrogens with zero attached hydrogens (tertiary/aromatic N) is 5. The number of carbonyl (C=O) groups is 1. The molecule has 1 amide bonds. The first-order valence-electron chi connectivity index (χ1n) is 9.53. The van der Waals surface area contributed by atoms with E-state index >= 15 is 0 Å². The lowest BCUT2D eigenvalue weighted by Crippen LogP contribution is -2.54. The van der Waals surface area contributed by atoms with Crippen molar-refractivity contribution in [3.8, 4) is 0 Å². The Morgan fingerprint density at radius 3 is 2.63 bits per heavy atom. The van der Waals surface area contributed by atoms with Crippen molar-refractivity contribution in [1.82, 2.24) is 24.0 Å². The number of carbonyl (C=O) groups excluding carboxylic acids is 1. The second-order valence-electron chi connectivity index (χ2n) is 7.65. The summed E-state index contributed by atoms with van der Waals surface area (Å²) in [6.45, 7) is -0.0435. The number of ether oxygens (including phenoxy) is 1. The molecular weight excluding hydrogens is 392 g/mol. The molecule has 2 aromatic rings.